The van der Waals surface area contributed by atoms with Crippen LogP contribution in [-0.4, -0.2) is 12.0 Å². The molecule has 2 unspecified atom stereocenters. The number of rotatable bonds is 6. The average Bonchev–Trinajstić information content (AvgIpc) is 2.53. The summed E-state index contributed by atoms with van der Waals surface area (Å²) in [6, 6.07) is 16.0. The van der Waals surface area contributed by atoms with Crippen molar-refractivity contribution < 1.29 is 9.53 Å². The van der Waals surface area contributed by atoms with Gasteiger partial charge in [-0.25, -0.2) is 0 Å². The highest BCUT2D eigenvalue weighted by Crippen LogP contribution is 2.18. The summed E-state index contributed by atoms with van der Waals surface area (Å²) >= 11 is 0. The summed E-state index contributed by atoms with van der Waals surface area (Å²) in [7, 11) is 0. The van der Waals surface area contributed by atoms with Crippen molar-refractivity contribution in [1.29, 1.82) is 0 Å². The molecule has 0 saturated heterocycles. The summed E-state index contributed by atoms with van der Waals surface area (Å²) in [5.41, 5.74) is 3.45. The standard InChI is InChI=1S/C20H25NO2/c1-5-19(17-11-9-14(2)10-12-17)21-20(22)16(4)23-18-8-6-7-15(3)13-18/h6-13,16,19H,5H2,1-4H3,(H,21,22). The van der Waals surface area contributed by atoms with Crippen LogP contribution in [-0.2, 0) is 4.79 Å². The Morgan fingerprint density at radius 3 is 2.39 bits per heavy atom. The maximum atomic E-state index is 12.4. The van der Waals surface area contributed by atoms with E-state index in [0.29, 0.717) is 0 Å². The molecule has 0 aliphatic heterocycles. The molecule has 0 bridgehead atoms. The van der Waals surface area contributed by atoms with E-state index < -0.39 is 6.10 Å². The molecular formula is C20H25NO2. The number of ether oxygens (including phenoxy) is 1. The molecule has 0 saturated carbocycles. The number of benzene rings is 2. The largest absolute Gasteiger partial charge is 0.481 e. The molecule has 23 heavy (non-hydrogen) atoms. The quantitative estimate of drug-likeness (QED) is 0.862. The fraction of sp³-hybridized carbons (Fsp3) is 0.350. The maximum absolute atomic E-state index is 12.4. The van der Waals surface area contributed by atoms with Crippen molar-refractivity contribution >= 4 is 5.91 Å². The van der Waals surface area contributed by atoms with Crippen molar-refractivity contribution in [3.05, 3.63) is 65.2 Å². The number of hydrogen-bond acceptors (Lipinski definition) is 2. The number of carbonyl (C=O) groups is 1. The predicted octanol–water partition coefficient (Wildman–Crippen LogP) is 4.34. The second-order valence-corrected chi connectivity index (χ2v) is 5.96. The first-order valence-corrected chi connectivity index (χ1v) is 8.10. The Morgan fingerprint density at radius 2 is 1.78 bits per heavy atom. The summed E-state index contributed by atoms with van der Waals surface area (Å²) in [5.74, 6) is 0.620. The van der Waals surface area contributed by atoms with Gasteiger partial charge in [0.1, 0.15) is 5.75 Å². The Labute approximate surface area is 138 Å². The summed E-state index contributed by atoms with van der Waals surface area (Å²) in [4.78, 5) is 12.4. The third kappa shape index (κ3) is 4.85. The summed E-state index contributed by atoms with van der Waals surface area (Å²) in [6.07, 6.45) is 0.308. The van der Waals surface area contributed by atoms with Crippen LogP contribution in [0.25, 0.3) is 0 Å². The molecule has 2 aromatic carbocycles. The topological polar surface area (TPSA) is 38.3 Å². The minimum Gasteiger partial charge on any atom is -0.481 e. The minimum atomic E-state index is -0.531. The zero-order chi connectivity index (χ0) is 16.8. The lowest BCUT2D eigenvalue weighted by atomic mass is 10.0. The second kappa shape index (κ2) is 7.82. The van der Waals surface area contributed by atoms with Gasteiger partial charge in [-0.1, -0.05) is 48.9 Å². The molecule has 0 aliphatic rings. The normalized spacial score (nSPS) is 13.2. The van der Waals surface area contributed by atoms with E-state index in [2.05, 4.69) is 43.4 Å². The minimum absolute atomic E-state index is 0.00617. The number of amides is 1. The van der Waals surface area contributed by atoms with Gasteiger partial charge in [-0.15, -0.1) is 0 Å². The summed E-state index contributed by atoms with van der Waals surface area (Å²) < 4.78 is 5.75. The lowest BCUT2D eigenvalue weighted by Gasteiger charge is -2.21. The maximum Gasteiger partial charge on any atom is 0.261 e. The van der Waals surface area contributed by atoms with Gasteiger partial charge in [0.25, 0.3) is 5.91 Å². The lowest BCUT2D eigenvalue weighted by molar-refractivity contribution is -0.128. The molecule has 0 fully saturated rings. The van der Waals surface area contributed by atoms with E-state index in [-0.39, 0.29) is 11.9 Å². The van der Waals surface area contributed by atoms with Gasteiger partial charge >= 0.3 is 0 Å². The molecule has 2 aromatic rings. The lowest BCUT2D eigenvalue weighted by Crippen LogP contribution is -2.38. The zero-order valence-corrected chi connectivity index (χ0v) is 14.3. The molecule has 3 heteroatoms. The van der Waals surface area contributed by atoms with E-state index in [1.54, 1.807) is 6.92 Å². The third-order valence-electron chi connectivity index (χ3n) is 3.88. The highest BCUT2D eigenvalue weighted by Gasteiger charge is 2.19. The first-order valence-electron chi connectivity index (χ1n) is 8.10. The van der Waals surface area contributed by atoms with Crippen LogP contribution in [0, 0.1) is 13.8 Å². The fourth-order valence-electron chi connectivity index (χ4n) is 2.46. The first-order chi connectivity index (χ1) is 11.0. The molecule has 0 spiro atoms. The summed E-state index contributed by atoms with van der Waals surface area (Å²) in [6.45, 7) is 7.90. The van der Waals surface area contributed by atoms with Crippen LogP contribution in [0.1, 0.15) is 43.0 Å². The van der Waals surface area contributed by atoms with E-state index in [0.717, 1.165) is 23.3 Å². The molecule has 0 aliphatic carbocycles. The van der Waals surface area contributed by atoms with E-state index in [4.69, 9.17) is 4.74 Å². The molecule has 0 aromatic heterocycles. The Kier molecular flexibility index (Phi) is 5.80. The van der Waals surface area contributed by atoms with Crippen molar-refractivity contribution in [2.45, 2.75) is 46.3 Å². The Balaban J connectivity index is 1.99. The monoisotopic (exact) mass is 311 g/mol. The molecule has 2 rings (SSSR count). The van der Waals surface area contributed by atoms with Crippen LogP contribution in [0.3, 0.4) is 0 Å². The molecule has 2 atom stereocenters. The van der Waals surface area contributed by atoms with Gasteiger partial charge in [-0.3, -0.25) is 4.79 Å². The first kappa shape index (κ1) is 17.1. The number of nitrogens with one attached hydrogen (secondary N) is 1. The molecular weight excluding hydrogens is 286 g/mol. The smallest absolute Gasteiger partial charge is 0.261 e. The molecule has 122 valence electrons. The fourth-order valence-corrected chi connectivity index (χ4v) is 2.46. The number of carbonyl (C=O) groups excluding carboxylic acids is 1. The van der Waals surface area contributed by atoms with Crippen molar-refractivity contribution in [3.63, 3.8) is 0 Å². The van der Waals surface area contributed by atoms with Gasteiger partial charge in [-0.2, -0.15) is 0 Å². The van der Waals surface area contributed by atoms with Crippen LogP contribution < -0.4 is 10.1 Å². The number of aryl methyl sites for hydroxylation is 2. The van der Waals surface area contributed by atoms with Crippen LogP contribution >= 0.6 is 0 Å². The van der Waals surface area contributed by atoms with Crippen molar-refractivity contribution in [2.75, 3.05) is 0 Å². The van der Waals surface area contributed by atoms with E-state index >= 15 is 0 Å². The molecule has 3 nitrogen and oxygen atoms in total. The van der Waals surface area contributed by atoms with Gasteiger partial charge in [-0.05, 0) is 50.5 Å². The number of hydrogen-bond donors (Lipinski definition) is 1. The molecule has 0 radical (unpaired) electrons. The van der Waals surface area contributed by atoms with Crippen molar-refractivity contribution in [2.24, 2.45) is 0 Å². The Hall–Kier alpha value is -2.29. The zero-order valence-electron chi connectivity index (χ0n) is 14.3. The van der Waals surface area contributed by atoms with Crippen molar-refractivity contribution in [3.8, 4) is 5.75 Å². The van der Waals surface area contributed by atoms with Crippen LogP contribution in [0.15, 0.2) is 48.5 Å². The van der Waals surface area contributed by atoms with E-state index in [1.807, 2.05) is 31.2 Å². The molecule has 0 heterocycles. The van der Waals surface area contributed by atoms with Gasteiger partial charge in [0.05, 0.1) is 6.04 Å². The predicted molar refractivity (Wildman–Crippen MR) is 93.6 cm³/mol. The Bertz CT molecular complexity index is 649. The van der Waals surface area contributed by atoms with Gasteiger partial charge in [0.15, 0.2) is 6.10 Å². The van der Waals surface area contributed by atoms with Gasteiger partial charge in [0.2, 0.25) is 0 Å². The van der Waals surface area contributed by atoms with E-state index in [9.17, 15) is 4.79 Å². The second-order valence-electron chi connectivity index (χ2n) is 5.96. The highest BCUT2D eigenvalue weighted by molar-refractivity contribution is 5.81. The van der Waals surface area contributed by atoms with Crippen LogP contribution in [0.4, 0.5) is 0 Å². The SMILES string of the molecule is CCC(NC(=O)C(C)Oc1cccc(C)c1)c1ccc(C)cc1. The van der Waals surface area contributed by atoms with E-state index in [1.165, 1.54) is 5.56 Å². The Morgan fingerprint density at radius 1 is 1.09 bits per heavy atom. The average molecular weight is 311 g/mol. The van der Waals surface area contributed by atoms with Gasteiger partial charge < -0.3 is 10.1 Å². The van der Waals surface area contributed by atoms with Crippen LogP contribution in [0.2, 0.25) is 0 Å². The highest BCUT2D eigenvalue weighted by atomic mass is 16.5. The van der Waals surface area contributed by atoms with Gasteiger partial charge in [0, 0.05) is 0 Å². The van der Waals surface area contributed by atoms with Crippen molar-refractivity contribution in [1.82, 2.24) is 5.32 Å². The molecule has 1 amide bonds. The van der Waals surface area contributed by atoms with Crippen LogP contribution in [0.5, 0.6) is 5.75 Å². The summed E-state index contributed by atoms with van der Waals surface area (Å²) in [5, 5.41) is 3.07. The molecule has 1 N–H and O–H groups in total. The third-order valence-corrected chi connectivity index (χ3v) is 3.88.